The normalized spacial score (nSPS) is 14.3. The van der Waals surface area contributed by atoms with Crippen molar-refractivity contribution >= 4 is 33.7 Å². The van der Waals surface area contributed by atoms with E-state index in [1.807, 2.05) is 13.8 Å². The fourth-order valence-electron chi connectivity index (χ4n) is 3.02. The van der Waals surface area contributed by atoms with Crippen LogP contribution in [0.5, 0.6) is 0 Å². The zero-order valence-corrected chi connectivity index (χ0v) is 16.0. The molecular weight excluding hydrogens is 366 g/mol. The Bertz CT molecular complexity index is 903. The third-order valence-corrected chi connectivity index (χ3v) is 5.48. The minimum atomic E-state index is -0.496. The zero-order valence-electron chi connectivity index (χ0n) is 15.2. The second-order valence-corrected chi connectivity index (χ2v) is 7.84. The van der Waals surface area contributed by atoms with E-state index in [0.717, 1.165) is 37.0 Å². The number of amides is 1. The van der Waals surface area contributed by atoms with Crippen molar-refractivity contribution in [3.05, 3.63) is 28.0 Å². The molecule has 0 bridgehead atoms. The van der Waals surface area contributed by atoms with E-state index in [0.29, 0.717) is 5.00 Å². The number of hydrogen-bond donors (Lipinski definition) is 3. The van der Waals surface area contributed by atoms with E-state index in [4.69, 9.17) is 10.3 Å². The molecule has 9 heteroatoms. The monoisotopic (exact) mass is 387 g/mol. The largest absolute Gasteiger partial charge is 0.396 e. The maximum absolute atomic E-state index is 12.8. The Kier molecular flexibility index (Phi) is 5.46. The highest BCUT2D eigenvalue weighted by molar-refractivity contribution is 7.19. The standard InChI is InChI=1S/C18H21N5O3S/c1-9(2)21-17(25)12-7-13(26-23-12)15(24)16-14(20)11(8-19)18(27-16)22-10-5-3-4-6-10/h7,9-10,22H,3-6,20H2,1-2H3,(H,21,25). The zero-order chi connectivity index (χ0) is 19.6. The summed E-state index contributed by atoms with van der Waals surface area (Å²) in [4.78, 5) is 25.0. The quantitative estimate of drug-likeness (QED) is 0.649. The first-order valence-corrected chi connectivity index (χ1v) is 9.63. The maximum Gasteiger partial charge on any atom is 0.273 e. The topological polar surface area (TPSA) is 134 Å². The van der Waals surface area contributed by atoms with Crippen molar-refractivity contribution in [2.75, 3.05) is 11.1 Å². The molecule has 2 aromatic heterocycles. The second-order valence-electron chi connectivity index (χ2n) is 6.82. The van der Waals surface area contributed by atoms with Gasteiger partial charge in [-0.1, -0.05) is 18.0 Å². The first-order valence-electron chi connectivity index (χ1n) is 8.81. The molecule has 0 radical (unpaired) electrons. The number of nitrogens with zero attached hydrogens (tertiary/aromatic N) is 2. The number of nitrogen functional groups attached to an aromatic ring is 1. The Morgan fingerprint density at radius 1 is 1.41 bits per heavy atom. The van der Waals surface area contributed by atoms with Crippen molar-refractivity contribution in [3.63, 3.8) is 0 Å². The number of ketones is 1. The van der Waals surface area contributed by atoms with E-state index >= 15 is 0 Å². The molecule has 0 aromatic carbocycles. The SMILES string of the molecule is CC(C)NC(=O)c1cc(C(=O)c2sc(NC3CCCC3)c(C#N)c2N)on1. The molecule has 3 rings (SSSR count). The number of thiophene rings is 1. The summed E-state index contributed by atoms with van der Waals surface area (Å²) in [6.07, 6.45) is 4.35. The summed E-state index contributed by atoms with van der Waals surface area (Å²) in [6, 6.07) is 3.58. The summed E-state index contributed by atoms with van der Waals surface area (Å²) >= 11 is 1.13. The van der Waals surface area contributed by atoms with E-state index in [1.54, 1.807) is 0 Å². The predicted octanol–water partition coefficient (Wildman–Crippen LogP) is 2.91. The van der Waals surface area contributed by atoms with Crippen LogP contribution in [0.15, 0.2) is 10.6 Å². The van der Waals surface area contributed by atoms with Gasteiger partial charge >= 0.3 is 0 Å². The maximum atomic E-state index is 12.8. The Morgan fingerprint density at radius 2 is 2.11 bits per heavy atom. The van der Waals surface area contributed by atoms with Crippen molar-refractivity contribution < 1.29 is 14.1 Å². The molecule has 142 valence electrons. The van der Waals surface area contributed by atoms with E-state index in [9.17, 15) is 14.9 Å². The van der Waals surface area contributed by atoms with Crippen LogP contribution in [0.1, 0.15) is 71.0 Å². The molecule has 0 spiro atoms. The van der Waals surface area contributed by atoms with Crippen molar-refractivity contribution in [2.24, 2.45) is 0 Å². The molecule has 8 nitrogen and oxygen atoms in total. The Labute approximate surface area is 160 Å². The summed E-state index contributed by atoms with van der Waals surface area (Å²) in [6.45, 7) is 3.64. The van der Waals surface area contributed by atoms with Gasteiger partial charge in [-0.25, -0.2) is 0 Å². The van der Waals surface area contributed by atoms with E-state index in [-0.39, 0.29) is 39.7 Å². The van der Waals surface area contributed by atoms with Gasteiger partial charge in [0.05, 0.1) is 5.69 Å². The van der Waals surface area contributed by atoms with Crippen LogP contribution in [0.2, 0.25) is 0 Å². The summed E-state index contributed by atoms with van der Waals surface area (Å²) in [5.41, 5.74) is 6.46. The number of rotatable bonds is 6. The number of nitrogens with two attached hydrogens (primary N) is 1. The molecule has 1 aliphatic carbocycles. The molecule has 2 heterocycles. The second kappa shape index (κ2) is 7.80. The third kappa shape index (κ3) is 3.95. The van der Waals surface area contributed by atoms with E-state index < -0.39 is 11.7 Å². The fourth-order valence-corrected chi connectivity index (χ4v) is 4.11. The molecule has 1 aliphatic rings. The van der Waals surface area contributed by atoms with Crippen LogP contribution in [0.4, 0.5) is 10.7 Å². The molecule has 0 atom stereocenters. The average Bonchev–Trinajstić information content (AvgIpc) is 3.34. The van der Waals surface area contributed by atoms with E-state index in [1.165, 1.54) is 6.07 Å². The smallest absolute Gasteiger partial charge is 0.273 e. The number of hydrogen-bond acceptors (Lipinski definition) is 8. The molecule has 1 saturated carbocycles. The third-order valence-electron chi connectivity index (χ3n) is 4.34. The van der Waals surface area contributed by atoms with Gasteiger partial charge in [-0.05, 0) is 26.7 Å². The van der Waals surface area contributed by atoms with Crippen molar-refractivity contribution in [1.82, 2.24) is 10.5 Å². The van der Waals surface area contributed by atoms with Gasteiger partial charge in [-0.15, -0.1) is 11.3 Å². The molecular formula is C18H21N5O3S. The minimum Gasteiger partial charge on any atom is -0.396 e. The van der Waals surface area contributed by atoms with Gasteiger partial charge in [0, 0.05) is 18.2 Å². The van der Waals surface area contributed by atoms with Crippen LogP contribution in [-0.2, 0) is 0 Å². The van der Waals surface area contributed by atoms with Crippen LogP contribution in [0.3, 0.4) is 0 Å². The van der Waals surface area contributed by atoms with Gasteiger partial charge in [-0.2, -0.15) is 5.26 Å². The predicted molar refractivity (Wildman–Crippen MR) is 102 cm³/mol. The Hall–Kier alpha value is -2.86. The molecule has 4 N–H and O–H groups in total. The molecule has 2 aromatic rings. The number of carbonyl (C=O) groups is 2. The number of nitrogens with one attached hydrogen (secondary N) is 2. The van der Waals surface area contributed by atoms with Gasteiger partial charge < -0.3 is 20.9 Å². The minimum absolute atomic E-state index is 0.0204. The van der Waals surface area contributed by atoms with Crippen molar-refractivity contribution in [1.29, 1.82) is 5.26 Å². The Morgan fingerprint density at radius 3 is 2.74 bits per heavy atom. The molecule has 0 aliphatic heterocycles. The van der Waals surface area contributed by atoms with Gasteiger partial charge in [0.2, 0.25) is 11.5 Å². The van der Waals surface area contributed by atoms with Gasteiger partial charge in [0.1, 0.15) is 21.5 Å². The number of aromatic nitrogens is 1. The number of anilines is 2. The first kappa shape index (κ1) is 18.9. The first-order chi connectivity index (χ1) is 12.9. The molecule has 0 saturated heterocycles. The fraction of sp³-hybridized carbons (Fsp3) is 0.444. The van der Waals surface area contributed by atoms with Crippen LogP contribution < -0.4 is 16.4 Å². The summed E-state index contributed by atoms with van der Waals surface area (Å²) in [5.74, 6) is -1.01. The lowest BCUT2D eigenvalue weighted by molar-refractivity contribution is 0.0930. The highest BCUT2D eigenvalue weighted by atomic mass is 32.1. The number of carbonyl (C=O) groups excluding carboxylic acids is 2. The van der Waals surface area contributed by atoms with Gasteiger partial charge in [0.15, 0.2) is 5.69 Å². The Balaban J connectivity index is 1.84. The molecule has 1 fully saturated rings. The summed E-state index contributed by atoms with van der Waals surface area (Å²) < 4.78 is 5.04. The van der Waals surface area contributed by atoms with Crippen molar-refractivity contribution in [2.45, 2.75) is 51.6 Å². The lowest BCUT2D eigenvalue weighted by atomic mass is 10.1. The molecule has 1 amide bonds. The highest BCUT2D eigenvalue weighted by Crippen LogP contribution is 2.38. The highest BCUT2D eigenvalue weighted by Gasteiger charge is 2.27. The van der Waals surface area contributed by atoms with Crippen LogP contribution >= 0.6 is 11.3 Å². The van der Waals surface area contributed by atoms with Crippen LogP contribution in [0, 0.1) is 11.3 Å². The lowest BCUT2D eigenvalue weighted by Crippen LogP contribution is -2.30. The van der Waals surface area contributed by atoms with Crippen molar-refractivity contribution in [3.8, 4) is 6.07 Å². The number of nitriles is 1. The van der Waals surface area contributed by atoms with Crippen LogP contribution in [-0.4, -0.2) is 28.9 Å². The average molecular weight is 387 g/mol. The van der Waals surface area contributed by atoms with Gasteiger partial charge in [-0.3, -0.25) is 9.59 Å². The lowest BCUT2D eigenvalue weighted by Gasteiger charge is -2.11. The molecule has 27 heavy (non-hydrogen) atoms. The molecule has 0 unspecified atom stereocenters. The van der Waals surface area contributed by atoms with Gasteiger partial charge in [0.25, 0.3) is 5.91 Å². The summed E-state index contributed by atoms with van der Waals surface area (Å²) in [5, 5.41) is 19.7. The van der Waals surface area contributed by atoms with E-state index in [2.05, 4.69) is 21.9 Å². The summed E-state index contributed by atoms with van der Waals surface area (Å²) in [7, 11) is 0. The van der Waals surface area contributed by atoms with Crippen LogP contribution in [0.25, 0.3) is 0 Å².